The van der Waals surface area contributed by atoms with Gasteiger partial charge in [-0.2, -0.15) is 0 Å². The third-order valence-electron chi connectivity index (χ3n) is 6.16. The molecular weight excluding hydrogens is 344 g/mol. The maximum atomic E-state index is 12.5. The first-order chi connectivity index (χ1) is 12.5. The van der Waals surface area contributed by atoms with Crippen molar-refractivity contribution in [1.82, 2.24) is 20.1 Å². The molecule has 2 heterocycles. The number of rotatable bonds is 3. The number of hydrogen-bond donors (Lipinski definition) is 3. The number of benzene rings is 1. The molecule has 2 N–H and O–H groups in total. The van der Waals surface area contributed by atoms with Crippen molar-refractivity contribution in [3.63, 3.8) is 0 Å². The van der Waals surface area contributed by atoms with Gasteiger partial charge >= 0.3 is 6.03 Å². The Labute approximate surface area is 160 Å². The van der Waals surface area contributed by atoms with E-state index in [0.29, 0.717) is 12.0 Å². The predicted octanol–water partition coefficient (Wildman–Crippen LogP) is 3.22. The molecule has 3 atom stereocenters. The Morgan fingerprint density at radius 2 is 2.15 bits per heavy atom. The first kappa shape index (κ1) is 17.7. The molecule has 1 aromatic heterocycles. The highest BCUT2D eigenvalue weighted by Crippen LogP contribution is 2.43. The van der Waals surface area contributed by atoms with Crippen LogP contribution in [0.25, 0.3) is 10.9 Å². The summed E-state index contributed by atoms with van der Waals surface area (Å²) in [7, 11) is 2.19. The van der Waals surface area contributed by atoms with Gasteiger partial charge < -0.3 is 20.1 Å². The van der Waals surface area contributed by atoms with Gasteiger partial charge in [-0.25, -0.2) is 4.79 Å². The highest BCUT2D eigenvalue weighted by atomic mass is 32.1. The van der Waals surface area contributed by atoms with Crippen LogP contribution in [0.4, 0.5) is 4.79 Å². The summed E-state index contributed by atoms with van der Waals surface area (Å²) in [6, 6.07) is 5.05. The van der Waals surface area contributed by atoms with Gasteiger partial charge in [0.2, 0.25) is 0 Å². The maximum Gasteiger partial charge on any atom is 0.317 e. The number of amides is 2. The van der Waals surface area contributed by atoms with Gasteiger partial charge in [0.25, 0.3) is 0 Å². The number of urea groups is 1. The standard InChI is InChI=1S/C20H28N4OS/c1-4-24(5-2)20(25)22-13-7-15-16-8-14(26)9-17-19(16)12(10-21-17)6-18(15)23(3)11-13/h8-10,13,15,18,21,26H,4-7,11H2,1-3H3,(H,22,25)/t13-,15+,18+/m0/s1. The number of likely N-dealkylation sites (tertiary alicyclic amines) is 1. The second kappa shape index (κ2) is 6.82. The van der Waals surface area contributed by atoms with Gasteiger partial charge in [0, 0.05) is 59.6 Å². The smallest absolute Gasteiger partial charge is 0.317 e. The fourth-order valence-corrected chi connectivity index (χ4v) is 5.15. The number of nitrogens with one attached hydrogen (secondary N) is 2. The van der Waals surface area contributed by atoms with Crippen LogP contribution in [0.2, 0.25) is 0 Å². The Kier molecular flexibility index (Phi) is 4.65. The number of carbonyl (C=O) groups excluding carboxylic acids is 1. The average Bonchev–Trinajstić information content (AvgIpc) is 3.00. The number of nitrogens with zero attached hydrogens (tertiary/aromatic N) is 2. The number of piperidine rings is 1. The maximum absolute atomic E-state index is 12.5. The molecule has 2 aromatic rings. The third-order valence-corrected chi connectivity index (χ3v) is 6.42. The van der Waals surface area contributed by atoms with Gasteiger partial charge in [-0.05, 0) is 57.0 Å². The molecule has 0 saturated carbocycles. The van der Waals surface area contributed by atoms with Crippen LogP contribution in [0.5, 0.6) is 0 Å². The van der Waals surface area contributed by atoms with Crippen molar-refractivity contribution in [2.45, 2.75) is 49.6 Å². The topological polar surface area (TPSA) is 51.4 Å². The quantitative estimate of drug-likeness (QED) is 0.725. The normalized spacial score (nSPS) is 25.2. The second-order valence-corrected chi connectivity index (χ2v) is 8.16. The first-order valence-corrected chi connectivity index (χ1v) is 10.0. The Morgan fingerprint density at radius 1 is 1.38 bits per heavy atom. The molecular formula is C20H28N4OS. The van der Waals surface area contributed by atoms with E-state index in [-0.39, 0.29) is 12.1 Å². The summed E-state index contributed by atoms with van der Waals surface area (Å²) in [5.74, 6) is 0.425. The van der Waals surface area contributed by atoms with E-state index >= 15 is 0 Å². The number of aromatic amines is 1. The Hall–Kier alpha value is -1.66. The predicted molar refractivity (Wildman–Crippen MR) is 108 cm³/mol. The van der Waals surface area contributed by atoms with Gasteiger partial charge in [0.05, 0.1) is 0 Å². The molecule has 0 spiro atoms. The lowest BCUT2D eigenvalue weighted by Crippen LogP contribution is -2.56. The molecule has 1 fully saturated rings. The van der Waals surface area contributed by atoms with Crippen molar-refractivity contribution < 1.29 is 4.79 Å². The van der Waals surface area contributed by atoms with Crippen LogP contribution in [0.3, 0.4) is 0 Å². The van der Waals surface area contributed by atoms with Crippen LogP contribution in [-0.2, 0) is 6.42 Å². The molecule has 0 radical (unpaired) electrons. The molecule has 1 aliphatic heterocycles. The SMILES string of the molecule is CCN(CC)C(=O)N[C@H]1C[C@@H]2c3cc(S)cc4[nH]cc(c34)C[C@H]2N(C)C1. The van der Waals surface area contributed by atoms with Gasteiger partial charge in [-0.1, -0.05) is 0 Å². The molecule has 0 unspecified atom stereocenters. The van der Waals surface area contributed by atoms with Crippen LogP contribution in [0.15, 0.2) is 23.2 Å². The third kappa shape index (κ3) is 2.89. The van der Waals surface area contributed by atoms with Crippen molar-refractivity contribution in [3.8, 4) is 0 Å². The molecule has 1 aliphatic carbocycles. The summed E-state index contributed by atoms with van der Waals surface area (Å²) in [5, 5.41) is 4.64. The lowest BCUT2D eigenvalue weighted by molar-refractivity contribution is 0.124. The lowest BCUT2D eigenvalue weighted by atomic mass is 9.74. The van der Waals surface area contributed by atoms with E-state index in [0.717, 1.165) is 37.4 Å². The minimum atomic E-state index is 0.0538. The molecule has 2 aliphatic rings. The number of likely N-dealkylation sites (N-methyl/N-ethyl adjacent to an activating group) is 1. The minimum absolute atomic E-state index is 0.0538. The van der Waals surface area contributed by atoms with E-state index in [9.17, 15) is 4.79 Å². The Bertz CT molecular complexity index is 829. The number of hydrogen-bond acceptors (Lipinski definition) is 3. The van der Waals surface area contributed by atoms with Crippen molar-refractivity contribution in [1.29, 1.82) is 0 Å². The van der Waals surface area contributed by atoms with E-state index < -0.39 is 0 Å². The Balaban J connectivity index is 1.63. The molecule has 140 valence electrons. The molecule has 4 rings (SSSR count). The minimum Gasteiger partial charge on any atom is -0.361 e. The Morgan fingerprint density at radius 3 is 2.88 bits per heavy atom. The molecule has 2 amide bonds. The fraction of sp³-hybridized carbons (Fsp3) is 0.550. The summed E-state index contributed by atoms with van der Waals surface area (Å²) in [6.45, 7) is 6.43. The highest BCUT2D eigenvalue weighted by molar-refractivity contribution is 7.80. The van der Waals surface area contributed by atoms with E-state index in [4.69, 9.17) is 0 Å². The summed E-state index contributed by atoms with van der Waals surface area (Å²) in [5.41, 5.74) is 3.97. The zero-order valence-electron chi connectivity index (χ0n) is 15.7. The highest BCUT2D eigenvalue weighted by Gasteiger charge is 2.40. The van der Waals surface area contributed by atoms with Crippen molar-refractivity contribution in [2.75, 3.05) is 26.7 Å². The monoisotopic (exact) mass is 372 g/mol. The molecule has 0 bridgehead atoms. The van der Waals surface area contributed by atoms with E-state index in [1.807, 2.05) is 18.7 Å². The van der Waals surface area contributed by atoms with Crippen molar-refractivity contribution in [3.05, 3.63) is 29.5 Å². The van der Waals surface area contributed by atoms with E-state index in [1.165, 1.54) is 22.0 Å². The second-order valence-electron chi connectivity index (χ2n) is 7.64. The summed E-state index contributed by atoms with van der Waals surface area (Å²) in [6.07, 6.45) is 4.20. The number of thiol groups is 1. The number of fused-ring (bicyclic) bond motifs is 2. The molecule has 1 aromatic carbocycles. The largest absolute Gasteiger partial charge is 0.361 e. The van der Waals surface area contributed by atoms with Gasteiger partial charge in [-0.15, -0.1) is 12.6 Å². The molecule has 6 heteroatoms. The average molecular weight is 373 g/mol. The van der Waals surface area contributed by atoms with Gasteiger partial charge in [-0.3, -0.25) is 0 Å². The van der Waals surface area contributed by atoms with Crippen LogP contribution >= 0.6 is 12.6 Å². The number of aromatic nitrogens is 1. The van der Waals surface area contributed by atoms with E-state index in [2.05, 4.69) is 53.2 Å². The molecule has 1 saturated heterocycles. The number of carbonyl (C=O) groups is 1. The fourth-order valence-electron chi connectivity index (χ4n) is 4.88. The summed E-state index contributed by atoms with van der Waals surface area (Å²) in [4.78, 5) is 21.2. The number of H-pyrrole nitrogens is 1. The molecule has 26 heavy (non-hydrogen) atoms. The van der Waals surface area contributed by atoms with Crippen molar-refractivity contribution in [2.24, 2.45) is 0 Å². The first-order valence-electron chi connectivity index (χ1n) is 9.60. The zero-order chi connectivity index (χ0) is 18.4. The van der Waals surface area contributed by atoms with Crippen LogP contribution in [-0.4, -0.2) is 59.6 Å². The van der Waals surface area contributed by atoms with Crippen molar-refractivity contribution >= 4 is 29.6 Å². The van der Waals surface area contributed by atoms with Gasteiger partial charge in [0.15, 0.2) is 0 Å². The summed E-state index contributed by atoms with van der Waals surface area (Å²) >= 11 is 4.62. The van der Waals surface area contributed by atoms with E-state index in [1.54, 1.807) is 0 Å². The summed E-state index contributed by atoms with van der Waals surface area (Å²) < 4.78 is 0. The van der Waals surface area contributed by atoms with Crippen LogP contribution in [0, 0.1) is 0 Å². The van der Waals surface area contributed by atoms with Gasteiger partial charge in [0.1, 0.15) is 0 Å². The lowest BCUT2D eigenvalue weighted by Gasteiger charge is -2.46. The zero-order valence-corrected chi connectivity index (χ0v) is 16.6. The van der Waals surface area contributed by atoms with Crippen LogP contribution in [0.1, 0.15) is 37.3 Å². The molecule has 5 nitrogen and oxygen atoms in total. The van der Waals surface area contributed by atoms with Crippen LogP contribution < -0.4 is 5.32 Å².